The zero-order valence-corrected chi connectivity index (χ0v) is 11.6. The third-order valence-electron chi connectivity index (χ3n) is 3.44. The van der Waals surface area contributed by atoms with E-state index in [0.29, 0.717) is 6.61 Å². The third kappa shape index (κ3) is 2.28. The van der Waals surface area contributed by atoms with Crippen LogP contribution in [-0.2, 0) is 6.42 Å². The van der Waals surface area contributed by atoms with Gasteiger partial charge in [0.1, 0.15) is 5.75 Å². The summed E-state index contributed by atoms with van der Waals surface area (Å²) in [6, 6.07) is 14.5. The molecule has 19 heavy (non-hydrogen) atoms. The number of fused-ring (bicyclic) bond motifs is 1. The van der Waals surface area contributed by atoms with Gasteiger partial charge in [-0.15, -0.1) is 0 Å². The molecule has 3 heteroatoms. The first kappa shape index (κ1) is 12.4. The van der Waals surface area contributed by atoms with Crippen molar-refractivity contribution in [1.82, 2.24) is 0 Å². The lowest BCUT2D eigenvalue weighted by Crippen LogP contribution is -2.08. The van der Waals surface area contributed by atoms with Crippen LogP contribution >= 0.6 is 11.6 Å². The number of rotatable bonds is 3. The molecule has 1 aliphatic heterocycles. The lowest BCUT2D eigenvalue weighted by Gasteiger charge is -2.16. The highest BCUT2D eigenvalue weighted by Crippen LogP contribution is 2.40. The molecule has 1 unspecified atom stereocenters. The van der Waals surface area contributed by atoms with Crippen LogP contribution in [0.1, 0.15) is 24.1 Å². The van der Waals surface area contributed by atoms with Crippen LogP contribution in [-0.4, -0.2) is 6.61 Å². The van der Waals surface area contributed by atoms with E-state index in [9.17, 15) is 0 Å². The van der Waals surface area contributed by atoms with Gasteiger partial charge in [-0.25, -0.2) is 0 Å². The number of benzene rings is 2. The molecule has 3 rings (SSSR count). The largest absolute Gasteiger partial charge is 0.494 e. The molecular weight excluding hydrogens is 258 g/mol. The first-order valence-corrected chi connectivity index (χ1v) is 6.93. The molecule has 0 saturated carbocycles. The van der Waals surface area contributed by atoms with Crippen molar-refractivity contribution < 1.29 is 4.74 Å². The fraction of sp³-hybridized carbons (Fsp3) is 0.250. The van der Waals surface area contributed by atoms with Gasteiger partial charge in [-0.05, 0) is 31.0 Å². The van der Waals surface area contributed by atoms with Gasteiger partial charge in [0.05, 0.1) is 23.4 Å². The van der Waals surface area contributed by atoms with Crippen molar-refractivity contribution in [1.29, 1.82) is 0 Å². The van der Waals surface area contributed by atoms with E-state index < -0.39 is 0 Å². The zero-order valence-electron chi connectivity index (χ0n) is 10.8. The van der Waals surface area contributed by atoms with Crippen molar-refractivity contribution in [3.8, 4) is 5.75 Å². The molecule has 1 aliphatic rings. The minimum absolute atomic E-state index is 0.234. The maximum Gasteiger partial charge on any atom is 0.124 e. The van der Waals surface area contributed by atoms with Gasteiger partial charge >= 0.3 is 0 Å². The van der Waals surface area contributed by atoms with Crippen LogP contribution in [0.4, 0.5) is 5.69 Å². The SMILES string of the molecule is CCOc1ccccc1C1Cc2cccc(Cl)c2N1. The van der Waals surface area contributed by atoms with Gasteiger partial charge in [0.15, 0.2) is 0 Å². The molecule has 98 valence electrons. The van der Waals surface area contributed by atoms with Crippen molar-refractivity contribution in [2.75, 3.05) is 11.9 Å². The molecule has 0 saturated heterocycles. The lowest BCUT2D eigenvalue weighted by molar-refractivity contribution is 0.335. The molecule has 1 heterocycles. The predicted octanol–water partition coefficient (Wildman–Crippen LogP) is 4.45. The highest BCUT2D eigenvalue weighted by atomic mass is 35.5. The summed E-state index contributed by atoms with van der Waals surface area (Å²) in [4.78, 5) is 0. The quantitative estimate of drug-likeness (QED) is 0.892. The minimum Gasteiger partial charge on any atom is -0.494 e. The van der Waals surface area contributed by atoms with Crippen LogP contribution in [0.2, 0.25) is 5.02 Å². The fourth-order valence-corrected chi connectivity index (χ4v) is 2.84. The number of halogens is 1. The molecule has 0 fully saturated rings. The van der Waals surface area contributed by atoms with Crippen molar-refractivity contribution >= 4 is 17.3 Å². The van der Waals surface area contributed by atoms with Gasteiger partial charge in [0.25, 0.3) is 0 Å². The van der Waals surface area contributed by atoms with Crippen molar-refractivity contribution in [2.24, 2.45) is 0 Å². The van der Waals surface area contributed by atoms with Crippen LogP contribution in [0, 0.1) is 0 Å². The molecule has 2 aromatic carbocycles. The van der Waals surface area contributed by atoms with Crippen LogP contribution < -0.4 is 10.1 Å². The average molecular weight is 274 g/mol. The van der Waals surface area contributed by atoms with E-state index in [2.05, 4.69) is 17.4 Å². The average Bonchev–Trinajstić information content (AvgIpc) is 2.85. The highest BCUT2D eigenvalue weighted by Gasteiger charge is 2.25. The molecule has 2 aromatic rings. The normalized spacial score (nSPS) is 16.8. The molecule has 2 nitrogen and oxygen atoms in total. The molecule has 0 aromatic heterocycles. The maximum absolute atomic E-state index is 6.23. The molecule has 0 spiro atoms. The summed E-state index contributed by atoms with van der Waals surface area (Å²) >= 11 is 6.23. The Kier molecular flexibility index (Phi) is 3.34. The Labute approximate surface area is 118 Å². The minimum atomic E-state index is 0.234. The maximum atomic E-state index is 6.23. The second kappa shape index (κ2) is 5.14. The molecule has 0 aliphatic carbocycles. The van der Waals surface area contributed by atoms with Crippen molar-refractivity contribution in [3.63, 3.8) is 0 Å². The van der Waals surface area contributed by atoms with Crippen molar-refractivity contribution in [3.05, 3.63) is 58.6 Å². The Morgan fingerprint density at radius 3 is 2.84 bits per heavy atom. The Hall–Kier alpha value is -1.67. The molecule has 0 amide bonds. The number of para-hydroxylation sites is 2. The van der Waals surface area contributed by atoms with E-state index in [1.807, 2.05) is 37.3 Å². The second-order valence-electron chi connectivity index (χ2n) is 4.65. The molecule has 0 radical (unpaired) electrons. The third-order valence-corrected chi connectivity index (χ3v) is 3.75. The summed E-state index contributed by atoms with van der Waals surface area (Å²) < 4.78 is 5.71. The number of hydrogen-bond acceptors (Lipinski definition) is 2. The second-order valence-corrected chi connectivity index (χ2v) is 5.05. The summed E-state index contributed by atoms with van der Waals surface area (Å²) in [7, 11) is 0. The van der Waals surface area contributed by atoms with Gasteiger partial charge in [0, 0.05) is 5.56 Å². The van der Waals surface area contributed by atoms with Gasteiger partial charge in [0.2, 0.25) is 0 Å². The van der Waals surface area contributed by atoms with Crippen LogP contribution in [0.25, 0.3) is 0 Å². The van der Waals surface area contributed by atoms with E-state index >= 15 is 0 Å². The Morgan fingerprint density at radius 1 is 1.21 bits per heavy atom. The van der Waals surface area contributed by atoms with Crippen LogP contribution in [0.15, 0.2) is 42.5 Å². The summed E-state index contributed by atoms with van der Waals surface area (Å²) in [6.45, 7) is 2.68. The molecule has 0 bridgehead atoms. The summed E-state index contributed by atoms with van der Waals surface area (Å²) in [5.74, 6) is 0.950. The fourth-order valence-electron chi connectivity index (χ4n) is 2.59. The zero-order chi connectivity index (χ0) is 13.2. The van der Waals surface area contributed by atoms with E-state index in [1.165, 1.54) is 11.1 Å². The topological polar surface area (TPSA) is 21.3 Å². The van der Waals surface area contributed by atoms with Crippen LogP contribution in [0.5, 0.6) is 5.75 Å². The van der Waals surface area contributed by atoms with Gasteiger partial charge in [-0.3, -0.25) is 0 Å². The molecule has 1 N–H and O–H groups in total. The first-order chi connectivity index (χ1) is 9.29. The standard InChI is InChI=1S/C16H16ClNO/c1-2-19-15-9-4-3-7-12(15)14-10-11-6-5-8-13(17)16(11)18-14/h3-9,14,18H,2,10H2,1H3. The predicted molar refractivity (Wildman–Crippen MR) is 79.1 cm³/mol. The van der Waals surface area contributed by atoms with Gasteiger partial charge in [-0.1, -0.05) is 41.9 Å². The molecular formula is C16H16ClNO. The Morgan fingerprint density at radius 2 is 2.05 bits per heavy atom. The molecule has 1 atom stereocenters. The van der Waals surface area contributed by atoms with Gasteiger partial charge < -0.3 is 10.1 Å². The summed E-state index contributed by atoms with van der Waals surface area (Å²) in [5.41, 5.74) is 3.51. The first-order valence-electron chi connectivity index (χ1n) is 6.55. The lowest BCUT2D eigenvalue weighted by atomic mass is 10.0. The Balaban J connectivity index is 1.93. The Bertz CT molecular complexity index is 597. The number of ether oxygens (including phenoxy) is 1. The smallest absolute Gasteiger partial charge is 0.124 e. The van der Waals surface area contributed by atoms with Crippen molar-refractivity contribution in [2.45, 2.75) is 19.4 Å². The van der Waals surface area contributed by atoms with E-state index in [0.717, 1.165) is 22.9 Å². The summed E-state index contributed by atoms with van der Waals surface area (Å²) in [6.07, 6.45) is 0.944. The highest BCUT2D eigenvalue weighted by molar-refractivity contribution is 6.33. The monoisotopic (exact) mass is 273 g/mol. The number of nitrogens with one attached hydrogen (secondary N) is 1. The van der Waals surface area contributed by atoms with E-state index in [4.69, 9.17) is 16.3 Å². The number of anilines is 1. The van der Waals surface area contributed by atoms with E-state index in [-0.39, 0.29) is 6.04 Å². The van der Waals surface area contributed by atoms with E-state index in [1.54, 1.807) is 0 Å². The van der Waals surface area contributed by atoms with Crippen LogP contribution in [0.3, 0.4) is 0 Å². The summed E-state index contributed by atoms with van der Waals surface area (Å²) in [5, 5.41) is 4.29. The number of hydrogen-bond donors (Lipinski definition) is 1. The van der Waals surface area contributed by atoms with Gasteiger partial charge in [-0.2, -0.15) is 0 Å².